The summed E-state index contributed by atoms with van der Waals surface area (Å²) in [5.74, 6) is 0.684. The Labute approximate surface area is 90.1 Å². The first-order valence-electron chi connectivity index (χ1n) is 4.72. The van der Waals surface area contributed by atoms with Crippen LogP contribution in [-0.4, -0.2) is 17.8 Å². The third-order valence-corrected chi connectivity index (χ3v) is 2.82. The molecule has 0 aliphatic heterocycles. The van der Waals surface area contributed by atoms with Crippen LogP contribution in [0.1, 0.15) is 26.3 Å². The van der Waals surface area contributed by atoms with Crippen molar-refractivity contribution in [2.75, 3.05) is 7.05 Å². The van der Waals surface area contributed by atoms with Gasteiger partial charge in [-0.2, -0.15) is 11.3 Å². The predicted octanol–water partition coefficient (Wildman–Crippen LogP) is 3.20. The molecular formula is C11H18N2S. The highest BCUT2D eigenvalue weighted by molar-refractivity contribution is 7.07. The quantitative estimate of drug-likeness (QED) is 0.589. The number of nitrogens with zero attached hydrogens (tertiary/aromatic N) is 1. The van der Waals surface area contributed by atoms with Crippen molar-refractivity contribution in [3.8, 4) is 0 Å². The summed E-state index contributed by atoms with van der Waals surface area (Å²) < 4.78 is 0. The molecule has 3 heteroatoms. The molecule has 1 N–H and O–H groups in total. The van der Waals surface area contributed by atoms with E-state index in [1.54, 1.807) is 11.3 Å². The maximum absolute atomic E-state index is 7.98. The fraction of sp³-hybridized carbons (Fsp3) is 0.545. The second-order valence-electron chi connectivity index (χ2n) is 4.59. The summed E-state index contributed by atoms with van der Waals surface area (Å²) in [5, 5.41) is 12.2. The molecule has 0 aliphatic carbocycles. The van der Waals surface area contributed by atoms with Crippen molar-refractivity contribution in [2.45, 2.75) is 27.3 Å². The van der Waals surface area contributed by atoms with Crippen LogP contribution in [0.25, 0.3) is 0 Å². The van der Waals surface area contributed by atoms with Crippen LogP contribution >= 0.6 is 11.3 Å². The minimum atomic E-state index is -0.0647. The Morgan fingerprint density at radius 2 is 2.14 bits per heavy atom. The third kappa shape index (κ3) is 2.84. The molecule has 0 saturated carbocycles. The fourth-order valence-electron chi connectivity index (χ4n) is 1.31. The summed E-state index contributed by atoms with van der Waals surface area (Å²) in [6, 6.07) is 2.11. The molecule has 0 aromatic carbocycles. The van der Waals surface area contributed by atoms with Gasteiger partial charge >= 0.3 is 0 Å². The highest BCUT2D eigenvalue weighted by Crippen LogP contribution is 2.18. The number of hydrogen-bond donors (Lipinski definition) is 1. The van der Waals surface area contributed by atoms with Crippen LogP contribution in [0, 0.1) is 10.8 Å². The Balaban J connectivity index is 2.59. The van der Waals surface area contributed by atoms with E-state index in [2.05, 4.69) is 37.6 Å². The van der Waals surface area contributed by atoms with Crippen molar-refractivity contribution < 1.29 is 0 Å². The van der Waals surface area contributed by atoms with E-state index >= 15 is 0 Å². The summed E-state index contributed by atoms with van der Waals surface area (Å²) in [4.78, 5) is 2.00. The van der Waals surface area contributed by atoms with Gasteiger partial charge < -0.3 is 4.90 Å². The third-order valence-electron chi connectivity index (χ3n) is 2.09. The molecule has 0 aliphatic rings. The second kappa shape index (κ2) is 4.13. The van der Waals surface area contributed by atoms with Crippen LogP contribution in [0.3, 0.4) is 0 Å². The van der Waals surface area contributed by atoms with Gasteiger partial charge in [0, 0.05) is 19.0 Å². The van der Waals surface area contributed by atoms with Gasteiger partial charge in [0.25, 0.3) is 0 Å². The SMILES string of the molecule is CN(Cc1ccsc1)C(=N)C(C)(C)C. The highest BCUT2D eigenvalue weighted by atomic mass is 32.1. The van der Waals surface area contributed by atoms with Gasteiger partial charge in [-0.05, 0) is 22.4 Å². The Morgan fingerprint density at radius 1 is 1.50 bits per heavy atom. The van der Waals surface area contributed by atoms with Gasteiger partial charge in [0.2, 0.25) is 0 Å². The molecule has 0 atom stereocenters. The normalized spacial score (nSPS) is 11.4. The largest absolute Gasteiger partial charge is 0.359 e. The molecule has 0 spiro atoms. The topological polar surface area (TPSA) is 27.1 Å². The zero-order valence-corrected chi connectivity index (χ0v) is 10.1. The van der Waals surface area contributed by atoms with Crippen molar-refractivity contribution >= 4 is 17.2 Å². The van der Waals surface area contributed by atoms with Crippen LogP contribution in [-0.2, 0) is 6.54 Å². The lowest BCUT2D eigenvalue weighted by Crippen LogP contribution is -2.35. The first kappa shape index (κ1) is 11.2. The summed E-state index contributed by atoms with van der Waals surface area (Å²) in [6.07, 6.45) is 0. The van der Waals surface area contributed by atoms with E-state index in [9.17, 15) is 0 Å². The fourth-order valence-corrected chi connectivity index (χ4v) is 1.97. The highest BCUT2D eigenvalue weighted by Gasteiger charge is 2.20. The molecule has 0 bridgehead atoms. The van der Waals surface area contributed by atoms with Gasteiger partial charge in [-0.25, -0.2) is 0 Å². The van der Waals surface area contributed by atoms with Crippen molar-refractivity contribution in [2.24, 2.45) is 5.41 Å². The molecule has 0 saturated heterocycles. The minimum absolute atomic E-state index is 0.0647. The van der Waals surface area contributed by atoms with E-state index in [0.717, 1.165) is 6.54 Å². The first-order valence-corrected chi connectivity index (χ1v) is 5.67. The van der Waals surface area contributed by atoms with Gasteiger partial charge in [-0.15, -0.1) is 0 Å². The molecule has 1 rings (SSSR count). The number of nitrogens with one attached hydrogen (secondary N) is 1. The van der Waals surface area contributed by atoms with E-state index in [-0.39, 0.29) is 5.41 Å². The number of thiophene rings is 1. The average molecular weight is 210 g/mol. The molecule has 0 radical (unpaired) electrons. The molecule has 2 nitrogen and oxygen atoms in total. The molecule has 14 heavy (non-hydrogen) atoms. The van der Waals surface area contributed by atoms with E-state index in [1.807, 2.05) is 11.9 Å². The number of amidine groups is 1. The van der Waals surface area contributed by atoms with E-state index < -0.39 is 0 Å². The van der Waals surface area contributed by atoms with Gasteiger partial charge in [0.1, 0.15) is 5.84 Å². The van der Waals surface area contributed by atoms with E-state index in [0.29, 0.717) is 5.84 Å². The maximum atomic E-state index is 7.98. The maximum Gasteiger partial charge on any atom is 0.101 e. The first-order chi connectivity index (χ1) is 6.41. The molecule has 78 valence electrons. The molecule has 0 unspecified atom stereocenters. The Hall–Kier alpha value is -0.830. The Kier molecular flexibility index (Phi) is 3.32. The van der Waals surface area contributed by atoms with Gasteiger partial charge in [-0.1, -0.05) is 20.8 Å². The zero-order chi connectivity index (χ0) is 10.8. The number of rotatable bonds is 2. The lowest BCUT2D eigenvalue weighted by molar-refractivity contribution is 0.418. The molecular weight excluding hydrogens is 192 g/mol. The van der Waals surface area contributed by atoms with Crippen molar-refractivity contribution in [1.29, 1.82) is 5.41 Å². The predicted molar refractivity (Wildman–Crippen MR) is 63.0 cm³/mol. The summed E-state index contributed by atoms with van der Waals surface area (Å²) in [7, 11) is 1.98. The van der Waals surface area contributed by atoms with Crippen molar-refractivity contribution in [1.82, 2.24) is 4.90 Å². The van der Waals surface area contributed by atoms with Crippen LogP contribution in [0.4, 0.5) is 0 Å². The van der Waals surface area contributed by atoms with Crippen LogP contribution < -0.4 is 0 Å². The van der Waals surface area contributed by atoms with E-state index in [4.69, 9.17) is 5.41 Å². The van der Waals surface area contributed by atoms with Gasteiger partial charge in [0.15, 0.2) is 0 Å². The van der Waals surface area contributed by atoms with Crippen LogP contribution in [0.2, 0.25) is 0 Å². The van der Waals surface area contributed by atoms with E-state index in [1.165, 1.54) is 5.56 Å². The molecule has 1 aromatic rings. The summed E-state index contributed by atoms with van der Waals surface area (Å²) in [5.41, 5.74) is 1.22. The van der Waals surface area contributed by atoms with Crippen LogP contribution in [0.5, 0.6) is 0 Å². The minimum Gasteiger partial charge on any atom is -0.359 e. The molecule has 1 heterocycles. The van der Waals surface area contributed by atoms with Gasteiger partial charge in [-0.3, -0.25) is 5.41 Å². The standard InChI is InChI=1S/C11H18N2S/c1-11(2,3)10(12)13(4)7-9-5-6-14-8-9/h5-6,8,12H,7H2,1-4H3. The monoisotopic (exact) mass is 210 g/mol. The van der Waals surface area contributed by atoms with Gasteiger partial charge in [0.05, 0.1) is 0 Å². The lowest BCUT2D eigenvalue weighted by Gasteiger charge is -2.29. The summed E-state index contributed by atoms with van der Waals surface area (Å²) >= 11 is 1.70. The zero-order valence-electron chi connectivity index (χ0n) is 9.29. The molecule has 0 amide bonds. The Bertz CT molecular complexity index is 296. The average Bonchev–Trinajstić information content (AvgIpc) is 2.53. The van der Waals surface area contributed by atoms with Crippen molar-refractivity contribution in [3.63, 3.8) is 0 Å². The van der Waals surface area contributed by atoms with Crippen molar-refractivity contribution in [3.05, 3.63) is 22.4 Å². The number of hydrogen-bond acceptors (Lipinski definition) is 2. The smallest absolute Gasteiger partial charge is 0.101 e. The van der Waals surface area contributed by atoms with Crippen LogP contribution in [0.15, 0.2) is 16.8 Å². The lowest BCUT2D eigenvalue weighted by atomic mass is 9.94. The Morgan fingerprint density at radius 3 is 2.57 bits per heavy atom. The second-order valence-corrected chi connectivity index (χ2v) is 5.37. The molecule has 0 fully saturated rings. The molecule has 1 aromatic heterocycles. The summed E-state index contributed by atoms with van der Waals surface area (Å²) in [6.45, 7) is 7.04.